The molecule has 0 spiro atoms. The van der Waals surface area contributed by atoms with Gasteiger partial charge in [-0.25, -0.2) is 0 Å². The summed E-state index contributed by atoms with van der Waals surface area (Å²) in [6, 6.07) is 17.4. The number of nitro benzene ring substituents is 2. The topological polar surface area (TPSA) is 148 Å². The molecule has 0 heterocycles. The van der Waals surface area contributed by atoms with Gasteiger partial charge in [0.2, 0.25) is 5.75 Å². The molecule has 11 heteroatoms. The third kappa shape index (κ3) is 5.69. The van der Waals surface area contributed by atoms with Crippen molar-refractivity contribution in [2.45, 2.75) is 0 Å². The van der Waals surface area contributed by atoms with Crippen LogP contribution in [0, 0.1) is 31.6 Å². The third-order valence-corrected chi connectivity index (χ3v) is 4.47. The van der Waals surface area contributed by atoms with E-state index in [1.807, 2.05) is 0 Å². The number of halogens is 1. The molecule has 1 amide bonds. The molecule has 0 aromatic heterocycles. The predicted molar refractivity (Wildman–Crippen MR) is 120 cm³/mol. The first kappa shape index (κ1) is 22.9. The minimum Gasteiger partial charge on any atom is -0.449 e. The highest BCUT2D eigenvalue weighted by Crippen LogP contribution is 2.36. The Balaban J connectivity index is 1.93. The zero-order valence-corrected chi connectivity index (χ0v) is 17.4. The van der Waals surface area contributed by atoms with E-state index in [0.717, 1.165) is 18.2 Å². The van der Waals surface area contributed by atoms with Gasteiger partial charge in [-0.05, 0) is 36.4 Å². The molecule has 10 nitrogen and oxygen atoms in total. The minimum absolute atomic E-state index is 0.0951. The van der Waals surface area contributed by atoms with Crippen molar-refractivity contribution in [1.82, 2.24) is 0 Å². The Morgan fingerprint density at radius 1 is 1.00 bits per heavy atom. The highest BCUT2D eigenvalue weighted by Gasteiger charge is 2.22. The summed E-state index contributed by atoms with van der Waals surface area (Å²) in [5, 5.41) is 34.7. The number of anilines is 1. The van der Waals surface area contributed by atoms with E-state index in [0.29, 0.717) is 10.7 Å². The van der Waals surface area contributed by atoms with Crippen LogP contribution in [0.4, 0.5) is 17.1 Å². The number of nitro groups is 2. The molecule has 0 aliphatic carbocycles. The standard InChI is InChI=1S/C22H13ClN4O6/c23-16-5-3-6-17(11-16)25-22(28)15(13-24)10-14-4-1-2-7-20(14)33-21-9-8-18(26(29)30)12-19(21)27(31)32/h1-12H,(H,25,28)/b15-10+. The molecule has 33 heavy (non-hydrogen) atoms. The van der Waals surface area contributed by atoms with Crippen molar-refractivity contribution in [2.75, 3.05) is 5.32 Å². The zero-order valence-electron chi connectivity index (χ0n) is 16.6. The summed E-state index contributed by atoms with van der Waals surface area (Å²) >= 11 is 5.90. The normalized spacial score (nSPS) is 10.7. The van der Waals surface area contributed by atoms with Gasteiger partial charge in [0.1, 0.15) is 17.4 Å². The number of rotatable bonds is 7. The second-order valence-electron chi connectivity index (χ2n) is 6.44. The average Bonchev–Trinajstić information content (AvgIpc) is 2.78. The van der Waals surface area contributed by atoms with Crippen molar-refractivity contribution in [3.63, 3.8) is 0 Å². The second kappa shape index (κ2) is 10.0. The van der Waals surface area contributed by atoms with Gasteiger partial charge in [0, 0.05) is 22.3 Å². The Bertz CT molecular complexity index is 1330. The van der Waals surface area contributed by atoms with Gasteiger partial charge in [-0.2, -0.15) is 5.26 Å². The van der Waals surface area contributed by atoms with Crippen LogP contribution in [0.15, 0.2) is 72.3 Å². The number of carbonyl (C=O) groups is 1. The lowest BCUT2D eigenvalue weighted by Gasteiger charge is -2.10. The molecule has 164 valence electrons. The Kier molecular flexibility index (Phi) is 6.97. The first-order valence-corrected chi connectivity index (χ1v) is 9.54. The Labute approximate surface area is 191 Å². The largest absolute Gasteiger partial charge is 0.449 e. The molecular formula is C22H13ClN4O6. The lowest BCUT2D eigenvalue weighted by atomic mass is 10.1. The van der Waals surface area contributed by atoms with Crippen LogP contribution in [0.2, 0.25) is 5.02 Å². The Hall–Kier alpha value is -4.75. The molecule has 0 bridgehead atoms. The highest BCUT2D eigenvalue weighted by atomic mass is 35.5. The van der Waals surface area contributed by atoms with Crippen molar-refractivity contribution in [3.8, 4) is 17.6 Å². The van der Waals surface area contributed by atoms with Crippen LogP contribution in [0.5, 0.6) is 11.5 Å². The van der Waals surface area contributed by atoms with Crippen LogP contribution in [0.3, 0.4) is 0 Å². The highest BCUT2D eigenvalue weighted by molar-refractivity contribution is 6.31. The number of amides is 1. The minimum atomic E-state index is -0.806. The van der Waals surface area contributed by atoms with E-state index in [1.54, 1.807) is 36.4 Å². The van der Waals surface area contributed by atoms with Gasteiger partial charge in [-0.3, -0.25) is 25.0 Å². The second-order valence-corrected chi connectivity index (χ2v) is 6.88. The van der Waals surface area contributed by atoms with Crippen LogP contribution < -0.4 is 10.1 Å². The third-order valence-electron chi connectivity index (χ3n) is 4.24. The van der Waals surface area contributed by atoms with Crippen molar-refractivity contribution in [3.05, 3.63) is 103 Å². The molecule has 0 radical (unpaired) electrons. The number of carbonyl (C=O) groups excluding carboxylic acids is 1. The molecule has 0 aliphatic rings. The molecular weight excluding hydrogens is 452 g/mol. The van der Waals surface area contributed by atoms with Crippen molar-refractivity contribution < 1.29 is 19.4 Å². The quantitative estimate of drug-likeness (QED) is 0.210. The fourth-order valence-corrected chi connectivity index (χ4v) is 2.92. The number of nitrogens with one attached hydrogen (secondary N) is 1. The summed E-state index contributed by atoms with van der Waals surface area (Å²) in [5.74, 6) is -0.845. The number of ether oxygens (including phenoxy) is 1. The Morgan fingerprint density at radius 3 is 2.42 bits per heavy atom. The lowest BCUT2D eigenvalue weighted by molar-refractivity contribution is -0.394. The number of nitrogens with zero attached hydrogens (tertiary/aromatic N) is 3. The molecule has 0 saturated carbocycles. The number of hydrogen-bond donors (Lipinski definition) is 1. The number of hydrogen-bond acceptors (Lipinski definition) is 7. The molecule has 0 aliphatic heterocycles. The summed E-state index contributed by atoms with van der Waals surface area (Å²) in [5.41, 5.74) is -0.666. The number of nitriles is 1. The first-order valence-electron chi connectivity index (χ1n) is 9.17. The number of para-hydroxylation sites is 1. The fourth-order valence-electron chi connectivity index (χ4n) is 2.73. The van der Waals surface area contributed by atoms with E-state index >= 15 is 0 Å². The van der Waals surface area contributed by atoms with Crippen LogP contribution in [-0.2, 0) is 4.79 Å². The molecule has 1 N–H and O–H groups in total. The molecule has 0 unspecified atom stereocenters. The van der Waals surface area contributed by atoms with Crippen LogP contribution in [-0.4, -0.2) is 15.8 Å². The van der Waals surface area contributed by atoms with Gasteiger partial charge >= 0.3 is 5.69 Å². The maximum atomic E-state index is 12.5. The number of benzene rings is 3. The van der Waals surface area contributed by atoms with E-state index in [2.05, 4.69) is 5.32 Å². The van der Waals surface area contributed by atoms with Gasteiger partial charge in [0.15, 0.2) is 0 Å². The van der Waals surface area contributed by atoms with Crippen molar-refractivity contribution >= 4 is 40.6 Å². The molecule has 3 rings (SSSR count). The van der Waals surface area contributed by atoms with Crippen molar-refractivity contribution in [1.29, 1.82) is 5.26 Å². The van der Waals surface area contributed by atoms with Crippen LogP contribution in [0.25, 0.3) is 6.08 Å². The first-order chi connectivity index (χ1) is 15.8. The van der Waals surface area contributed by atoms with Gasteiger partial charge in [0.25, 0.3) is 11.6 Å². The summed E-state index contributed by atoms with van der Waals surface area (Å²) in [7, 11) is 0. The maximum absolute atomic E-state index is 12.5. The van der Waals surface area contributed by atoms with Crippen LogP contribution in [0.1, 0.15) is 5.56 Å². The van der Waals surface area contributed by atoms with E-state index in [4.69, 9.17) is 16.3 Å². The van der Waals surface area contributed by atoms with E-state index in [-0.39, 0.29) is 22.6 Å². The molecule has 3 aromatic carbocycles. The van der Waals surface area contributed by atoms with E-state index in [9.17, 15) is 30.3 Å². The van der Waals surface area contributed by atoms with Crippen LogP contribution >= 0.6 is 11.6 Å². The van der Waals surface area contributed by atoms with Gasteiger partial charge in [-0.1, -0.05) is 35.9 Å². The smallest absolute Gasteiger partial charge is 0.318 e. The predicted octanol–water partition coefficient (Wildman–Crippen LogP) is 5.49. The molecule has 0 fully saturated rings. The lowest BCUT2D eigenvalue weighted by Crippen LogP contribution is -2.13. The van der Waals surface area contributed by atoms with Crippen molar-refractivity contribution in [2.24, 2.45) is 0 Å². The molecule has 0 saturated heterocycles. The van der Waals surface area contributed by atoms with Gasteiger partial charge in [-0.15, -0.1) is 0 Å². The zero-order chi connectivity index (χ0) is 24.0. The number of non-ortho nitro benzene ring substituents is 1. The fraction of sp³-hybridized carbons (Fsp3) is 0. The SMILES string of the molecule is N#C/C(=C\c1ccccc1Oc1ccc([N+](=O)[O-])cc1[N+](=O)[O-])C(=O)Nc1cccc(Cl)c1. The summed E-state index contributed by atoms with van der Waals surface area (Å²) < 4.78 is 5.63. The summed E-state index contributed by atoms with van der Waals surface area (Å²) in [4.78, 5) is 33.3. The monoisotopic (exact) mass is 464 g/mol. The molecule has 3 aromatic rings. The average molecular weight is 465 g/mol. The Morgan fingerprint density at radius 2 is 1.76 bits per heavy atom. The summed E-state index contributed by atoms with van der Waals surface area (Å²) in [6.07, 6.45) is 1.26. The van der Waals surface area contributed by atoms with Gasteiger partial charge < -0.3 is 10.1 Å². The maximum Gasteiger partial charge on any atom is 0.318 e. The van der Waals surface area contributed by atoms with E-state index in [1.165, 1.54) is 24.3 Å². The molecule has 0 atom stereocenters. The van der Waals surface area contributed by atoms with Gasteiger partial charge in [0.05, 0.1) is 15.9 Å². The summed E-state index contributed by atoms with van der Waals surface area (Å²) in [6.45, 7) is 0. The van der Waals surface area contributed by atoms with E-state index < -0.39 is 27.1 Å².